The third-order valence-electron chi connectivity index (χ3n) is 4.95. The molecule has 2 saturated heterocycles. The Labute approximate surface area is 159 Å². The van der Waals surface area contributed by atoms with Crippen LogP contribution in [0.25, 0.3) is 0 Å². The molecular formula is C18H25N3O5S. The molecule has 8 nitrogen and oxygen atoms in total. The van der Waals surface area contributed by atoms with Gasteiger partial charge in [-0.25, -0.2) is 8.42 Å². The summed E-state index contributed by atoms with van der Waals surface area (Å²) in [7, 11) is -3.13. The van der Waals surface area contributed by atoms with Crippen LogP contribution in [0.1, 0.15) is 13.3 Å². The predicted molar refractivity (Wildman–Crippen MR) is 103 cm³/mol. The van der Waals surface area contributed by atoms with Gasteiger partial charge in [0.25, 0.3) is 0 Å². The molecule has 0 bridgehead atoms. The number of morpholine rings is 1. The number of carbonyl (C=O) groups is 2. The van der Waals surface area contributed by atoms with E-state index >= 15 is 0 Å². The largest absolute Gasteiger partial charge is 0.378 e. The topological polar surface area (TPSA) is 96.0 Å². The third-order valence-corrected chi connectivity index (χ3v) is 6.70. The molecular weight excluding hydrogens is 370 g/mol. The van der Waals surface area contributed by atoms with Gasteiger partial charge in [0.1, 0.15) is 0 Å². The van der Waals surface area contributed by atoms with E-state index in [4.69, 9.17) is 4.74 Å². The van der Waals surface area contributed by atoms with Crippen molar-refractivity contribution < 1.29 is 22.7 Å². The summed E-state index contributed by atoms with van der Waals surface area (Å²) in [6, 6.07) is 6.89. The summed E-state index contributed by atoms with van der Waals surface area (Å²) in [5.74, 6) is -1.47. The molecule has 1 aromatic carbocycles. The first-order valence-corrected chi connectivity index (χ1v) is 11.0. The summed E-state index contributed by atoms with van der Waals surface area (Å²) in [5.41, 5.74) is 1.40. The van der Waals surface area contributed by atoms with Crippen LogP contribution in [0.3, 0.4) is 0 Å². The minimum absolute atomic E-state index is 0.0585. The number of nitrogens with one attached hydrogen (secondary N) is 1. The van der Waals surface area contributed by atoms with Crippen LogP contribution >= 0.6 is 0 Å². The number of amides is 2. The number of likely N-dealkylation sites (N-methyl/N-ethyl adjacent to an activating group) is 1. The number of rotatable bonds is 4. The highest BCUT2D eigenvalue weighted by molar-refractivity contribution is 7.91. The lowest BCUT2D eigenvalue weighted by atomic mass is 10.2. The number of carbonyl (C=O) groups excluding carboxylic acids is 2. The van der Waals surface area contributed by atoms with Gasteiger partial charge < -0.3 is 19.9 Å². The first kappa shape index (κ1) is 19.6. The van der Waals surface area contributed by atoms with Crippen molar-refractivity contribution in [2.45, 2.75) is 19.4 Å². The van der Waals surface area contributed by atoms with Crippen molar-refractivity contribution in [2.24, 2.45) is 0 Å². The highest BCUT2D eigenvalue weighted by Crippen LogP contribution is 2.26. The predicted octanol–water partition coefficient (Wildman–Crippen LogP) is 0.497. The molecule has 9 heteroatoms. The third kappa shape index (κ3) is 4.59. The average molecular weight is 395 g/mol. The fraction of sp³-hybridized carbons (Fsp3) is 0.556. The van der Waals surface area contributed by atoms with Crippen molar-refractivity contribution in [1.82, 2.24) is 4.90 Å². The fourth-order valence-electron chi connectivity index (χ4n) is 3.55. The van der Waals surface area contributed by atoms with Gasteiger partial charge in [0.2, 0.25) is 0 Å². The van der Waals surface area contributed by atoms with Gasteiger partial charge in [0.15, 0.2) is 9.84 Å². The maximum absolute atomic E-state index is 12.6. The number of sulfone groups is 1. The SMILES string of the molecule is CCN(C(=O)C(=O)Nc1ccccc1N1CCOCC1)C1CCS(=O)(=O)C1. The Morgan fingerprint density at radius 3 is 2.59 bits per heavy atom. The van der Waals surface area contributed by atoms with Gasteiger partial charge in [0.05, 0.1) is 36.1 Å². The van der Waals surface area contributed by atoms with E-state index in [9.17, 15) is 18.0 Å². The average Bonchev–Trinajstić information content (AvgIpc) is 3.03. The molecule has 0 radical (unpaired) electrons. The fourth-order valence-corrected chi connectivity index (χ4v) is 5.29. The molecule has 3 rings (SSSR count). The van der Waals surface area contributed by atoms with Crippen LogP contribution in [0.5, 0.6) is 0 Å². The lowest BCUT2D eigenvalue weighted by molar-refractivity contribution is -0.144. The quantitative estimate of drug-likeness (QED) is 0.746. The van der Waals surface area contributed by atoms with Crippen molar-refractivity contribution >= 4 is 33.0 Å². The van der Waals surface area contributed by atoms with E-state index in [1.165, 1.54) is 4.90 Å². The Morgan fingerprint density at radius 2 is 1.96 bits per heavy atom. The molecule has 2 aliphatic rings. The van der Waals surface area contributed by atoms with Crippen LogP contribution in [0.4, 0.5) is 11.4 Å². The van der Waals surface area contributed by atoms with E-state index in [1.807, 2.05) is 12.1 Å². The summed E-state index contributed by atoms with van der Waals surface area (Å²) in [4.78, 5) is 28.7. The van der Waals surface area contributed by atoms with Gasteiger partial charge in [-0.3, -0.25) is 9.59 Å². The first-order valence-electron chi connectivity index (χ1n) is 9.15. The zero-order valence-corrected chi connectivity index (χ0v) is 16.2. The molecule has 148 valence electrons. The molecule has 2 fully saturated rings. The second-order valence-electron chi connectivity index (χ2n) is 6.72. The van der Waals surface area contributed by atoms with E-state index in [-0.39, 0.29) is 18.1 Å². The van der Waals surface area contributed by atoms with Gasteiger partial charge in [-0.2, -0.15) is 0 Å². The zero-order valence-electron chi connectivity index (χ0n) is 15.4. The van der Waals surface area contributed by atoms with E-state index in [0.29, 0.717) is 38.4 Å². The van der Waals surface area contributed by atoms with Crippen molar-refractivity contribution in [1.29, 1.82) is 0 Å². The molecule has 1 unspecified atom stereocenters. The molecule has 2 amide bonds. The Kier molecular flexibility index (Phi) is 6.01. The highest BCUT2D eigenvalue weighted by Gasteiger charge is 2.36. The summed E-state index contributed by atoms with van der Waals surface area (Å²) in [6.45, 7) is 4.68. The number of nitrogens with zero attached hydrogens (tertiary/aromatic N) is 2. The van der Waals surface area contributed by atoms with Crippen molar-refractivity contribution in [3.63, 3.8) is 0 Å². The molecule has 0 aromatic heterocycles. The van der Waals surface area contributed by atoms with E-state index in [2.05, 4.69) is 10.2 Å². The Hall–Kier alpha value is -2.13. The van der Waals surface area contributed by atoms with Gasteiger partial charge in [-0.1, -0.05) is 12.1 Å². The highest BCUT2D eigenvalue weighted by atomic mass is 32.2. The molecule has 0 spiro atoms. The standard InChI is InChI=1S/C18H25N3O5S/c1-2-21(14-7-12-27(24,25)13-14)18(23)17(22)19-15-5-3-4-6-16(15)20-8-10-26-11-9-20/h3-6,14H,2,7-13H2,1H3,(H,19,22). The minimum Gasteiger partial charge on any atom is -0.378 e. The smallest absolute Gasteiger partial charge is 0.313 e. The molecule has 0 saturated carbocycles. The minimum atomic E-state index is -3.13. The normalized spacial score (nSPS) is 21.7. The van der Waals surface area contributed by atoms with Crippen molar-refractivity contribution in [3.05, 3.63) is 24.3 Å². The number of para-hydroxylation sites is 2. The maximum Gasteiger partial charge on any atom is 0.313 e. The molecule has 2 heterocycles. The summed E-state index contributed by atoms with van der Waals surface area (Å²) < 4.78 is 28.8. The number of anilines is 2. The van der Waals surface area contributed by atoms with Crippen LogP contribution in [-0.4, -0.2) is 75.5 Å². The van der Waals surface area contributed by atoms with Gasteiger partial charge in [-0.05, 0) is 25.5 Å². The molecule has 2 aliphatic heterocycles. The van der Waals surface area contributed by atoms with Crippen molar-refractivity contribution in [3.8, 4) is 0 Å². The Bertz CT molecular complexity index is 805. The number of hydrogen-bond acceptors (Lipinski definition) is 6. The summed E-state index contributed by atoms with van der Waals surface area (Å²) in [6.07, 6.45) is 0.375. The maximum atomic E-state index is 12.6. The monoisotopic (exact) mass is 395 g/mol. The van der Waals surface area contributed by atoms with Crippen molar-refractivity contribution in [2.75, 3.05) is 54.6 Å². The Balaban J connectivity index is 1.72. The van der Waals surface area contributed by atoms with E-state index in [1.54, 1.807) is 19.1 Å². The zero-order chi connectivity index (χ0) is 19.4. The van der Waals surface area contributed by atoms with Crippen LogP contribution in [0, 0.1) is 0 Å². The lowest BCUT2D eigenvalue weighted by Gasteiger charge is -2.31. The molecule has 1 aromatic rings. The second-order valence-corrected chi connectivity index (χ2v) is 8.95. The van der Waals surface area contributed by atoms with E-state index < -0.39 is 27.7 Å². The van der Waals surface area contributed by atoms with Crippen LogP contribution in [0.2, 0.25) is 0 Å². The number of ether oxygens (including phenoxy) is 1. The first-order chi connectivity index (χ1) is 12.9. The summed E-state index contributed by atoms with van der Waals surface area (Å²) in [5, 5.41) is 2.70. The lowest BCUT2D eigenvalue weighted by Crippen LogP contribution is -2.46. The molecule has 1 N–H and O–H groups in total. The Morgan fingerprint density at radius 1 is 1.26 bits per heavy atom. The van der Waals surface area contributed by atoms with Crippen LogP contribution < -0.4 is 10.2 Å². The number of benzene rings is 1. The second kappa shape index (κ2) is 8.26. The number of hydrogen-bond donors (Lipinski definition) is 1. The van der Waals surface area contributed by atoms with Crippen LogP contribution in [0.15, 0.2) is 24.3 Å². The molecule has 0 aliphatic carbocycles. The van der Waals surface area contributed by atoms with Crippen LogP contribution in [-0.2, 0) is 24.2 Å². The van der Waals surface area contributed by atoms with Gasteiger partial charge >= 0.3 is 11.8 Å². The molecule has 27 heavy (non-hydrogen) atoms. The van der Waals surface area contributed by atoms with E-state index in [0.717, 1.165) is 5.69 Å². The summed E-state index contributed by atoms with van der Waals surface area (Å²) >= 11 is 0. The van der Waals surface area contributed by atoms with Gasteiger partial charge in [-0.15, -0.1) is 0 Å². The molecule has 1 atom stereocenters. The van der Waals surface area contributed by atoms with Gasteiger partial charge in [0, 0.05) is 25.7 Å².